The minimum absolute atomic E-state index is 0.114. The molecule has 1 N–H and O–H groups in total. The monoisotopic (exact) mass is 482 g/mol. The van der Waals surface area contributed by atoms with Gasteiger partial charge in [0.15, 0.2) is 6.10 Å². The molecule has 0 radical (unpaired) electrons. The molecule has 0 fully saturated rings. The summed E-state index contributed by atoms with van der Waals surface area (Å²) in [5.41, 5.74) is 1.09. The lowest BCUT2D eigenvalue weighted by molar-refractivity contribution is -0.127. The molecule has 0 unspecified atom stereocenters. The molecule has 1 heterocycles. The van der Waals surface area contributed by atoms with Gasteiger partial charge in [-0.1, -0.05) is 42.5 Å². The number of nitrogens with one attached hydrogen (secondary N) is 1. The molecule has 1 aliphatic heterocycles. The van der Waals surface area contributed by atoms with E-state index in [1.54, 1.807) is 79.9 Å². The maximum absolute atomic E-state index is 13.3. The van der Waals surface area contributed by atoms with E-state index in [9.17, 15) is 13.2 Å². The fourth-order valence-electron chi connectivity index (χ4n) is 3.59. The van der Waals surface area contributed by atoms with Crippen LogP contribution in [0.5, 0.6) is 17.2 Å². The number of hydrogen-bond acceptors (Lipinski definition) is 6. The topological polar surface area (TPSA) is 94.2 Å². The highest BCUT2D eigenvalue weighted by atomic mass is 32.2. The number of carbonyl (C=O) groups excluding carboxylic acids is 1. The van der Waals surface area contributed by atoms with Crippen LogP contribution in [0.15, 0.2) is 78.9 Å². The third-order valence-corrected chi connectivity index (χ3v) is 7.00. The van der Waals surface area contributed by atoms with Gasteiger partial charge in [-0.2, -0.15) is 0 Å². The summed E-state index contributed by atoms with van der Waals surface area (Å²) < 4.78 is 44.4. The van der Waals surface area contributed by atoms with Gasteiger partial charge in [0.1, 0.15) is 23.9 Å². The maximum atomic E-state index is 13.3. The summed E-state index contributed by atoms with van der Waals surface area (Å²) in [5, 5.41) is 2.76. The molecule has 0 aliphatic carbocycles. The predicted octanol–water partition coefficient (Wildman–Crippen LogP) is 2.99. The molecule has 3 aromatic carbocycles. The van der Waals surface area contributed by atoms with Crippen LogP contribution in [0.2, 0.25) is 0 Å². The molecule has 4 rings (SSSR count). The molecule has 0 spiro atoms. The number of benzene rings is 3. The molecule has 0 aromatic heterocycles. The zero-order valence-corrected chi connectivity index (χ0v) is 19.5. The third kappa shape index (κ3) is 5.60. The zero-order valence-electron chi connectivity index (χ0n) is 18.7. The molecule has 3 aromatic rings. The van der Waals surface area contributed by atoms with E-state index >= 15 is 0 Å². The van der Waals surface area contributed by atoms with Crippen molar-refractivity contribution in [2.75, 3.05) is 31.1 Å². The first-order chi connectivity index (χ1) is 16.5. The Morgan fingerprint density at radius 1 is 1.00 bits per heavy atom. The second-order valence-electron chi connectivity index (χ2n) is 7.66. The van der Waals surface area contributed by atoms with E-state index in [2.05, 4.69) is 5.32 Å². The summed E-state index contributed by atoms with van der Waals surface area (Å²) in [6.45, 7) is 0.373. The minimum atomic E-state index is -3.74. The lowest BCUT2D eigenvalue weighted by atomic mass is 10.2. The third-order valence-electron chi connectivity index (χ3n) is 5.28. The van der Waals surface area contributed by atoms with Crippen molar-refractivity contribution < 1.29 is 27.4 Å². The summed E-state index contributed by atoms with van der Waals surface area (Å²) in [4.78, 5) is 12.8. The van der Waals surface area contributed by atoms with Crippen LogP contribution in [0, 0.1) is 0 Å². The Balaban J connectivity index is 1.40. The Bertz CT molecular complexity index is 1220. The molecule has 8 nitrogen and oxygen atoms in total. The molecule has 178 valence electrons. The van der Waals surface area contributed by atoms with Gasteiger partial charge in [-0.05, 0) is 42.0 Å². The Kier molecular flexibility index (Phi) is 7.22. The number of para-hydroxylation sites is 2. The fourth-order valence-corrected chi connectivity index (χ4v) is 5.18. The van der Waals surface area contributed by atoms with E-state index < -0.39 is 22.0 Å². The Labute approximate surface area is 199 Å². The van der Waals surface area contributed by atoms with Crippen molar-refractivity contribution in [2.24, 2.45) is 0 Å². The standard InChI is InChI=1S/C25H26N2O6S/c1-31-20-11-13-21(14-12-20)32-16-15-26-25(28)24-17-27(22-9-5-6-10-23(22)33-24)34(29,30)18-19-7-3-2-4-8-19/h2-14,24H,15-18H2,1H3,(H,26,28)/t24-/m0/s1. The first-order valence-corrected chi connectivity index (χ1v) is 12.4. The number of fused-ring (bicyclic) bond motifs is 1. The van der Waals surface area contributed by atoms with Gasteiger partial charge in [-0.25, -0.2) is 8.42 Å². The van der Waals surface area contributed by atoms with Gasteiger partial charge in [0.05, 0.1) is 31.6 Å². The van der Waals surface area contributed by atoms with Crippen molar-refractivity contribution in [3.8, 4) is 17.2 Å². The average molecular weight is 483 g/mol. The van der Waals surface area contributed by atoms with Crippen molar-refractivity contribution in [1.82, 2.24) is 5.32 Å². The first kappa shape index (κ1) is 23.4. The number of rotatable bonds is 9. The molecule has 9 heteroatoms. The molecule has 1 aliphatic rings. The van der Waals surface area contributed by atoms with E-state index in [-0.39, 0.29) is 25.4 Å². The Morgan fingerprint density at radius 2 is 1.68 bits per heavy atom. The van der Waals surface area contributed by atoms with Crippen molar-refractivity contribution in [3.05, 3.63) is 84.4 Å². The molecule has 1 atom stereocenters. The highest BCUT2D eigenvalue weighted by Gasteiger charge is 2.36. The van der Waals surface area contributed by atoms with Gasteiger partial charge in [0.25, 0.3) is 5.91 Å². The second kappa shape index (κ2) is 10.5. The fraction of sp³-hybridized carbons (Fsp3) is 0.240. The number of nitrogens with zero attached hydrogens (tertiary/aromatic N) is 1. The van der Waals surface area contributed by atoms with Crippen molar-refractivity contribution in [2.45, 2.75) is 11.9 Å². The number of carbonyl (C=O) groups is 1. The highest BCUT2D eigenvalue weighted by molar-refractivity contribution is 7.92. The van der Waals surface area contributed by atoms with Crippen molar-refractivity contribution in [3.63, 3.8) is 0 Å². The number of ether oxygens (including phenoxy) is 3. The minimum Gasteiger partial charge on any atom is -0.497 e. The van der Waals surface area contributed by atoms with Gasteiger partial charge in [-0.3, -0.25) is 9.10 Å². The van der Waals surface area contributed by atoms with Gasteiger partial charge < -0.3 is 19.5 Å². The van der Waals surface area contributed by atoms with E-state index in [0.29, 0.717) is 22.7 Å². The van der Waals surface area contributed by atoms with E-state index in [1.807, 2.05) is 6.07 Å². The smallest absolute Gasteiger partial charge is 0.263 e. The second-order valence-corrected chi connectivity index (χ2v) is 9.56. The SMILES string of the molecule is COc1ccc(OCCNC(=O)[C@@H]2CN(S(=O)(=O)Cc3ccccc3)c3ccccc3O2)cc1. The van der Waals surface area contributed by atoms with Gasteiger partial charge in [-0.15, -0.1) is 0 Å². The van der Waals surface area contributed by atoms with E-state index in [0.717, 1.165) is 5.75 Å². The number of hydrogen-bond donors (Lipinski definition) is 1. The lowest BCUT2D eigenvalue weighted by Gasteiger charge is -2.34. The van der Waals surface area contributed by atoms with Crippen LogP contribution in [-0.4, -0.2) is 47.2 Å². The normalized spacial score (nSPS) is 15.1. The molecule has 0 saturated heterocycles. The van der Waals surface area contributed by atoms with Crippen LogP contribution in [0.25, 0.3) is 0 Å². The Morgan fingerprint density at radius 3 is 2.41 bits per heavy atom. The Hall–Kier alpha value is -3.72. The molecule has 0 bridgehead atoms. The van der Waals surface area contributed by atoms with Gasteiger partial charge in [0.2, 0.25) is 10.0 Å². The molecule has 0 saturated carbocycles. The van der Waals surface area contributed by atoms with Crippen LogP contribution in [-0.2, 0) is 20.6 Å². The highest BCUT2D eigenvalue weighted by Crippen LogP contribution is 2.35. The van der Waals surface area contributed by atoms with Crippen molar-refractivity contribution in [1.29, 1.82) is 0 Å². The van der Waals surface area contributed by atoms with Crippen LogP contribution in [0.1, 0.15) is 5.56 Å². The summed E-state index contributed by atoms with van der Waals surface area (Å²) in [5.74, 6) is 1.14. The van der Waals surface area contributed by atoms with Crippen LogP contribution >= 0.6 is 0 Å². The van der Waals surface area contributed by atoms with Crippen LogP contribution in [0.4, 0.5) is 5.69 Å². The molecule has 34 heavy (non-hydrogen) atoms. The first-order valence-electron chi connectivity index (χ1n) is 10.8. The summed E-state index contributed by atoms with van der Waals surface area (Å²) in [6, 6.07) is 22.9. The largest absolute Gasteiger partial charge is 0.497 e. The van der Waals surface area contributed by atoms with Crippen molar-refractivity contribution >= 4 is 21.6 Å². The quantitative estimate of drug-likeness (QED) is 0.472. The number of anilines is 1. The summed E-state index contributed by atoms with van der Waals surface area (Å²) in [6.07, 6.45) is -0.985. The van der Waals surface area contributed by atoms with Gasteiger partial charge >= 0.3 is 0 Å². The zero-order chi connectivity index (χ0) is 24.0. The lowest BCUT2D eigenvalue weighted by Crippen LogP contribution is -2.51. The number of amides is 1. The molecular formula is C25H26N2O6S. The predicted molar refractivity (Wildman–Crippen MR) is 129 cm³/mol. The molecular weight excluding hydrogens is 456 g/mol. The maximum Gasteiger partial charge on any atom is 0.263 e. The summed E-state index contributed by atoms with van der Waals surface area (Å²) >= 11 is 0. The average Bonchev–Trinajstić information content (AvgIpc) is 2.86. The van der Waals surface area contributed by atoms with E-state index in [4.69, 9.17) is 14.2 Å². The van der Waals surface area contributed by atoms with Crippen LogP contribution in [0.3, 0.4) is 0 Å². The molecule has 1 amide bonds. The number of sulfonamides is 1. The van der Waals surface area contributed by atoms with E-state index in [1.165, 1.54) is 4.31 Å². The van der Waals surface area contributed by atoms with Gasteiger partial charge in [0, 0.05) is 0 Å². The van der Waals surface area contributed by atoms with Crippen LogP contribution < -0.4 is 23.8 Å². The summed E-state index contributed by atoms with van der Waals surface area (Å²) in [7, 11) is -2.16. The number of methoxy groups -OCH3 is 1.